The van der Waals surface area contributed by atoms with E-state index in [1.54, 1.807) is 12.1 Å². The van der Waals surface area contributed by atoms with E-state index in [-0.39, 0.29) is 22.7 Å². The number of nitrogens with one attached hydrogen (secondary N) is 2. The highest BCUT2D eigenvalue weighted by Gasteiger charge is 2.15. The molecule has 0 spiro atoms. The van der Waals surface area contributed by atoms with Crippen molar-refractivity contribution in [2.75, 3.05) is 5.32 Å². The number of aromatic nitrogens is 1. The number of phenolic OH excluding ortho intramolecular Hbond substituents is 1. The van der Waals surface area contributed by atoms with Crippen molar-refractivity contribution in [3.8, 4) is 16.3 Å². The number of rotatable bonds is 4. The van der Waals surface area contributed by atoms with E-state index in [1.807, 2.05) is 45.0 Å². The summed E-state index contributed by atoms with van der Waals surface area (Å²) in [4.78, 5) is 16.5. The van der Waals surface area contributed by atoms with Gasteiger partial charge in [-0.05, 0) is 54.9 Å². The topological polar surface area (TPSA) is 74.2 Å². The molecule has 0 saturated heterocycles. The standard InChI is InChI=1S/C20H21N3O2S2/c1-11(2)8-17(24)23-20(26)21-13-9-12(3)18(25)14(10-13)19-22-15-6-4-5-7-16(15)27-19/h4-7,9-11,25H,8H2,1-3H3,(H2,21,23,24,26). The molecule has 140 valence electrons. The lowest BCUT2D eigenvalue weighted by Gasteiger charge is -2.13. The third-order valence-electron chi connectivity index (χ3n) is 3.93. The Morgan fingerprint density at radius 1 is 1.30 bits per heavy atom. The summed E-state index contributed by atoms with van der Waals surface area (Å²) in [5.74, 6) is 0.327. The zero-order valence-corrected chi connectivity index (χ0v) is 17.0. The number of para-hydroxylation sites is 1. The number of carbonyl (C=O) groups is 1. The molecular formula is C20H21N3O2S2. The van der Waals surface area contributed by atoms with E-state index in [0.29, 0.717) is 23.2 Å². The maximum absolute atomic E-state index is 11.9. The van der Waals surface area contributed by atoms with Crippen molar-refractivity contribution in [2.45, 2.75) is 27.2 Å². The Bertz CT molecular complexity index is 979. The van der Waals surface area contributed by atoms with Crippen molar-refractivity contribution in [3.63, 3.8) is 0 Å². The Hall–Kier alpha value is -2.51. The molecule has 0 saturated carbocycles. The van der Waals surface area contributed by atoms with E-state index in [1.165, 1.54) is 11.3 Å². The van der Waals surface area contributed by atoms with Gasteiger partial charge < -0.3 is 15.7 Å². The van der Waals surface area contributed by atoms with Gasteiger partial charge in [0.1, 0.15) is 10.8 Å². The van der Waals surface area contributed by atoms with E-state index in [9.17, 15) is 9.90 Å². The van der Waals surface area contributed by atoms with Crippen LogP contribution < -0.4 is 10.6 Å². The summed E-state index contributed by atoms with van der Waals surface area (Å²) in [6.07, 6.45) is 0.410. The van der Waals surface area contributed by atoms with Crippen LogP contribution in [-0.4, -0.2) is 21.1 Å². The van der Waals surface area contributed by atoms with Crippen molar-refractivity contribution >= 4 is 50.5 Å². The highest BCUT2D eigenvalue weighted by molar-refractivity contribution is 7.80. The molecule has 27 heavy (non-hydrogen) atoms. The van der Waals surface area contributed by atoms with Crippen molar-refractivity contribution < 1.29 is 9.90 Å². The molecular weight excluding hydrogens is 378 g/mol. The Labute approximate surface area is 167 Å². The number of thiocarbonyl (C=S) groups is 1. The molecule has 0 radical (unpaired) electrons. The minimum absolute atomic E-state index is 0.121. The van der Waals surface area contributed by atoms with Crippen LogP contribution >= 0.6 is 23.6 Å². The molecule has 0 aliphatic rings. The Kier molecular flexibility index (Phi) is 5.72. The van der Waals surface area contributed by atoms with Gasteiger partial charge in [0.25, 0.3) is 0 Å². The number of carbonyl (C=O) groups excluding carboxylic acids is 1. The molecule has 0 unspecified atom stereocenters. The predicted molar refractivity (Wildman–Crippen MR) is 115 cm³/mol. The second kappa shape index (κ2) is 8.02. The second-order valence-electron chi connectivity index (χ2n) is 6.78. The normalized spacial score (nSPS) is 11.0. The van der Waals surface area contributed by atoms with Crippen LogP contribution in [0.1, 0.15) is 25.8 Å². The quantitative estimate of drug-likeness (QED) is 0.433. The molecule has 3 aromatic rings. The van der Waals surface area contributed by atoms with Gasteiger partial charge in [-0.2, -0.15) is 0 Å². The Morgan fingerprint density at radius 2 is 2.04 bits per heavy atom. The molecule has 7 heteroatoms. The number of thiazole rings is 1. The largest absolute Gasteiger partial charge is 0.507 e. The summed E-state index contributed by atoms with van der Waals surface area (Å²) in [6.45, 7) is 5.77. The highest BCUT2D eigenvalue weighted by atomic mass is 32.1. The van der Waals surface area contributed by atoms with Gasteiger partial charge in [0, 0.05) is 12.1 Å². The molecule has 0 bridgehead atoms. The van der Waals surface area contributed by atoms with Crippen LogP contribution in [0.3, 0.4) is 0 Å². The summed E-state index contributed by atoms with van der Waals surface area (Å²) in [6, 6.07) is 11.4. The maximum Gasteiger partial charge on any atom is 0.226 e. The number of benzene rings is 2. The van der Waals surface area contributed by atoms with Gasteiger partial charge in [0.2, 0.25) is 5.91 Å². The van der Waals surface area contributed by atoms with Crippen molar-refractivity contribution in [1.82, 2.24) is 10.3 Å². The molecule has 3 N–H and O–H groups in total. The van der Waals surface area contributed by atoms with Crippen molar-refractivity contribution in [1.29, 1.82) is 0 Å². The van der Waals surface area contributed by atoms with Crippen LogP contribution in [0.4, 0.5) is 5.69 Å². The van der Waals surface area contributed by atoms with Crippen LogP contribution in [0.15, 0.2) is 36.4 Å². The average molecular weight is 400 g/mol. The van der Waals surface area contributed by atoms with Crippen LogP contribution in [0.5, 0.6) is 5.75 Å². The Morgan fingerprint density at radius 3 is 2.74 bits per heavy atom. The first kappa shape index (κ1) is 19.3. The van der Waals surface area contributed by atoms with Crippen LogP contribution in [0.2, 0.25) is 0 Å². The van der Waals surface area contributed by atoms with E-state index in [2.05, 4.69) is 15.6 Å². The predicted octanol–water partition coefficient (Wildman–Crippen LogP) is 4.84. The molecule has 1 aromatic heterocycles. The van der Waals surface area contributed by atoms with Crippen LogP contribution in [0.25, 0.3) is 20.8 Å². The minimum atomic E-state index is -0.121. The molecule has 3 rings (SSSR count). The number of fused-ring (bicyclic) bond motifs is 1. The molecule has 1 heterocycles. The summed E-state index contributed by atoms with van der Waals surface area (Å²) in [5.41, 5.74) is 2.92. The fourth-order valence-corrected chi connectivity index (χ4v) is 3.93. The van der Waals surface area contributed by atoms with Gasteiger partial charge in [-0.1, -0.05) is 26.0 Å². The molecule has 5 nitrogen and oxygen atoms in total. The first-order chi connectivity index (χ1) is 12.8. The fraction of sp³-hybridized carbons (Fsp3) is 0.250. The molecule has 2 aromatic carbocycles. The van der Waals surface area contributed by atoms with Crippen LogP contribution in [-0.2, 0) is 4.79 Å². The van der Waals surface area contributed by atoms with Crippen LogP contribution in [0, 0.1) is 12.8 Å². The smallest absolute Gasteiger partial charge is 0.226 e. The molecule has 1 amide bonds. The number of hydrogen-bond donors (Lipinski definition) is 3. The lowest BCUT2D eigenvalue weighted by atomic mass is 10.1. The number of hydrogen-bond acceptors (Lipinski definition) is 5. The average Bonchev–Trinajstić information content (AvgIpc) is 3.00. The summed E-state index contributed by atoms with van der Waals surface area (Å²) in [7, 11) is 0. The zero-order chi connectivity index (χ0) is 19.6. The maximum atomic E-state index is 11.9. The lowest BCUT2D eigenvalue weighted by molar-refractivity contribution is -0.120. The van der Waals surface area contributed by atoms with Gasteiger partial charge in [0.05, 0.1) is 15.8 Å². The Balaban J connectivity index is 1.86. The number of aromatic hydroxyl groups is 1. The van der Waals surface area contributed by atoms with Crippen molar-refractivity contribution in [3.05, 3.63) is 42.0 Å². The summed E-state index contributed by atoms with van der Waals surface area (Å²) in [5, 5.41) is 17.2. The van der Waals surface area contributed by atoms with Gasteiger partial charge in [-0.3, -0.25) is 4.79 Å². The zero-order valence-electron chi connectivity index (χ0n) is 15.4. The van der Waals surface area contributed by atoms with Gasteiger partial charge in [0.15, 0.2) is 5.11 Å². The third-order valence-corrected chi connectivity index (χ3v) is 5.20. The highest BCUT2D eigenvalue weighted by Crippen LogP contribution is 2.38. The number of phenols is 1. The van der Waals surface area contributed by atoms with Gasteiger partial charge in [-0.25, -0.2) is 4.98 Å². The van der Waals surface area contributed by atoms with Gasteiger partial charge in [-0.15, -0.1) is 11.3 Å². The molecule has 0 fully saturated rings. The number of nitrogens with zero attached hydrogens (tertiary/aromatic N) is 1. The summed E-state index contributed by atoms with van der Waals surface area (Å²) >= 11 is 6.75. The minimum Gasteiger partial charge on any atom is -0.507 e. The third kappa shape index (κ3) is 4.61. The second-order valence-corrected chi connectivity index (χ2v) is 8.22. The molecule has 0 atom stereocenters. The molecule has 0 aliphatic heterocycles. The number of amides is 1. The number of anilines is 1. The summed E-state index contributed by atoms with van der Waals surface area (Å²) < 4.78 is 1.05. The molecule has 0 aliphatic carbocycles. The monoisotopic (exact) mass is 399 g/mol. The van der Waals surface area contributed by atoms with Crippen molar-refractivity contribution in [2.24, 2.45) is 5.92 Å². The first-order valence-corrected chi connectivity index (χ1v) is 9.86. The van der Waals surface area contributed by atoms with E-state index in [0.717, 1.165) is 15.2 Å². The van der Waals surface area contributed by atoms with E-state index in [4.69, 9.17) is 12.2 Å². The first-order valence-electron chi connectivity index (χ1n) is 8.64. The lowest BCUT2D eigenvalue weighted by Crippen LogP contribution is -2.34. The van der Waals surface area contributed by atoms with E-state index < -0.39 is 0 Å². The SMILES string of the molecule is Cc1cc(NC(=S)NC(=O)CC(C)C)cc(-c2nc3ccccc3s2)c1O. The van der Waals surface area contributed by atoms with Gasteiger partial charge >= 0.3 is 0 Å². The fourth-order valence-electron chi connectivity index (χ4n) is 2.71. The van der Waals surface area contributed by atoms with E-state index >= 15 is 0 Å². The number of aryl methyl sites for hydroxylation is 1.